The highest BCUT2D eigenvalue weighted by Gasteiger charge is 2.21. The lowest BCUT2D eigenvalue weighted by Gasteiger charge is -2.31. The van der Waals surface area contributed by atoms with Crippen LogP contribution in [0.1, 0.15) is 15.9 Å². The molecule has 6 nitrogen and oxygen atoms in total. The molecular formula is C20H26Cl3N3O3. The van der Waals surface area contributed by atoms with Gasteiger partial charge in [0.15, 0.2) is 0 Å². The second-order valence-corrected chi connectivity index (χ2v) is 6.87. The molecule has 160 valence electrons. The molecule has 2 N–H and O–H groups in total. The first kappa shape index (κ1) is 25.2. The Labute approximate surface area is 188 Å². The fourth-order valence-corrected chi connectivity index (χ4v) is 3.36. The molecule has 1 aliphatic rings. The molecule has 0 atom stereocenters. The highest BCUT2D eigenvalue weighted by molar-refractivity contribution is 6.33. The molecule has 2 aromatic rings. The number of hydrogen-bond donors (Lipinski definition) is 1. The zero-order valence-corrected chi connectivity index (χ0v) is 18.8. The summed E-state index contributed by atoms with van der Waals surface area (Å²) in [5.74, 6) is 0.237. The number of benzene rings is 2. The van der Waals surface area contributed by atoms with Crippen molar-refractivity contribution in [1.82, 2.24) is 4.90 Å². The number of hydrogen-bond acceptors (Lipinski definition) is 5. The Morgan fingerprint density at radius 3 is 2.55 bits per heavy atom. The first-order chi connectivity index (χ1) is 13.0. The third kappa shape index (κ3) is 5.82. The molecule has 0 bridgehead atoms. The van der Waals surface area contributed by atoms with E-state index in [0.717, 1.165) is 24.3 Å². The molecule has 3 rings (SSSR count). The number of nitrogens with zero attached hydrogens (tertiary/aromatic N) is 2. The topological polar surface area (TPSA) is 68.0 Å². The summed E-state index contributed by atoms with van der Waals surface area (Å²) in [5, 5.41) is 0.335. The summed E-state index contributed by atoms with van der Waals surface area (Å²) >= 11 is 6.11. The number of para-hydroxylation sites is 1. The lowest BCUT2D eigenvalue weighted by atomic mass is 10.1. The van der Waals surface area contributed by atoms with Gasteiger partial charge in [-0.2, -0.15) is 0 Å². The van der Waals surface area contributed by atoms with E-state index in [1.807, 2.05) is 18.2 Å². The second-order valence-electron chi connectivity index (χ2n) is 6.46. The monoisotopic (exact) mass is 461 g/mol. The summed E-state index contributed by atoms with van der Waals surface area (Å²) in [7, 11) is 3.27. The summed E-state index contributed by atoms with van der Waals surface area (Å²) in [6.07, 6.45) is 0. The first-order valence-electron chi connectivity index (χ1n) is 8.80. The van der Waals surface area contributed by atoms with Gasteiger partial charge in [-0.15, -0.1) is 24.8 Å². The van der Waals surface area contributed by atoms with E-state index in [1.54, 1.807) is 24.1 Å². The number of methoxy groups -OCH3 is 1. The molecule has 1 heterocycles. The van der Waals surface area contributed by atoms with Gasteiger partial charge in [-0.05, 0) is 17.7 Å². The van der Waals surface area contributed by atoms with Crippen LogP contribution in [0.25, 0.3) is 0 Å². The number of carbonyl (C=O) groups is 1. The van der Waals surface area contributed by atoms with Crippen molar-refractivity contribution >= 4 is 53.7 Å². The summed E-state index contributed by atoms with van der Waals surface area (Å²) in [6, 6.07) is 11.3. The van der Waals surface area contributed by atoms with Crippen LogP contribution in [-0.4, -0.2) is 51.3 Å². The third-order valence-electron chi connectivity index (χ3n) is 4.65. The minimum atomic E-state index is -0.175. The Hall–Kier alpha value is -1.86. The van der Waals surface area contributed by atoms with Crippen LogP contribution in [0.15, 0.2) is 36.4 Å². The molecule has 0 radical (unpaired) electrons. The van der Waals surface area contributed by atoms with E-state index in [-0.39, 0.29) is 30.7 Å². The number of halogens is 3. The molecule has 9 heteroatoms. The normalized spacial score (nSPS) is 13.1. The van der Waals surface area contributed by atoms with Crippen molar-refractivity contribution < 1.29 is 14.3 Å². The van der Waals surface area contributed by atoms with Gasteiger partial charge in [-0.25, -0.2) is 0 Å². The molecule has 1 fully saturated rings. The van der Waals surface area contributed by atoms with Crippen molar-refractivity contribution in [3.05, 3.63) is 52.5 Å². The Balaban J connectivity index is 0.00000210. The number of nitrogens with two attached hydrogens (primary N) is 1. The maximum absolute atomic E-state index is 13.0. The summed E-state index contributed by atoms with van der Waals surface area (Å²) in [5.41, 5.74) is 8.79. The molecule has 1 amide bonds. The number of rotatable bonds is 5. The van der Waals surface area contributed by atoms with Gasteiger partial charge in [0.25, 0.3) is 5.91 Å². The van der Waals surface area contributed by atoms with Crippen molar-refractivity contribution in [2.24, 2.45) is 0 Å². The van der Waals surface area contributed by atoms with E-state index in [2.05, 4.69) is 11.0 Å². The van der Waals surface area contributed by atoms with Crippen LogP contribution in [0.4, 0.5) is 11.4 Å². The van der Waals surface area contributed by atoms with Gasteiger partial charge >= 0.3 is 0 Å². The molecule has 0 saturated carbocycles. The molecule has 2 aromatic carbocycles. The van der Waals surface area contributed by atoms with Crippen molar-refractivity contribution in [1.29, 1.82) is 0 Å². The molecule has 0 spiro atoms. The smallest absolute Gasteiger partial charge is 0.257 e. The number of nitrogen functional groups attached to an aromatic ring is 1. The fourth-order valence-electron chi connectivity index (χ4n) is 3.20. The standard InChI is InChI=1S/C20H24ClN3O3.2ClH/c1-23(20(25)15-11-16(21)17(22)12-19(15)26-2)13-14-5-3-4-6-18(14)24-7-9-27-10-8-24;;/h3-6,11-12H,7-10,13,22H2,1-2H3;2*1H. The SMILES string of the molecule is COc1cc(N)c(Cl)cc1C(=O)N(C)Cc1ccccc1N1CCOCC1.Cl.Cl. The third-order valence-corrected chi connectivity index (χ3v) is 4.97. The number of ether oxygens (including phenoxy) is 2. The van der Waals surface area contributed by atoms with Crippen LogP contribution in [0.5, 0.6) is 5.75 Å². The van der Waals surface area contributed by atoms with Crippen molar-refractivity contribution in [3.63, 3.8) is 0 Å². The van der Waals surface area contributed by atoms with E-state index in [9.17, 15) is 4.79 Å². The van der Waals surface area contributed by atoms with Crippen LogP contribution in [0, 0.1) is 0 Å². The van der Waals surface area contributed by atoms with E-state index < -0.39 is 0 Å². The quantitative estimate of drug-likeness (QED) is 0.683. The molecular weight excluding hydrogens is 437 g/mol. The molecule has 0 unspecified atom stereocenters. The van der Waals surface area contributed by atoms with Crippen molar-refractivity contribution in [3.8, 4) is 5.75 Å². The maximum atomic E-state index is 13.0. The zero-order valence-electron chi connectivity index (χ0n) is 16.4. The van der Waals surface area contributed by atoms with E-state index >= 15 is 0 Å². The maximum Gasteiger partial charge on any atom is 0.257 e. The van der Waals surface area contributed by atoms with Gasteiger partial charge < -0.3 is 25.0 Å². The minimum Gasteiger partial charge on any atom is -0.496 e. The van der Waals surface area contributed by atoms with Crippen LogP contribution in [-0.2, 0) is 11.3 Å². The summed E-state index contributed by atoms with van der Waals surface area (Å²) in [4.78, 5) is 16.9. The van der Waals surface area contributed by atoms with Crippen LogP contribution in [0.2, 0.25) is 5.02 Å². The predicted octanol–water partition coefficient (Wildman–Crippen LogP) is 3.88. The van der Waals surface area contributed by atoms with Gasteiger partial charge in [0.2, 0.25) is 0 Å². The molecule has 0 aliphatic carbocycles. The molecule has 0 aromatic heterocycles. The molecule has 1 aliphatic heterocycles. The number of amides is 1. The van der Waals surface area contributed by atoms with Gasteiger partial charge in [0, 0.05) is 38.4 Å². The average molecular weight is 463 g/mol. The van der Waals surface area contributed by atoms with Crippen molar-refractivity contribution in [2.45, 2.75) is 6.54 Å². The van der Waals surface area contributed by atoms with Gasteiger partial charge in [-0.1, -0.05) is 29.8 Å². The Morgan fingerprint density at radius 1 is 1.24 bits per heavy atom. The van der Waals surface area contributed by atoms with E-state index in [1.165, 1.54) is 7.11 Å². The van der Waals surface area contributed by atoms with E-state index in [4.69, 9.17) is 26.8 Å². The van der Waals surface area contributed by atoms with E-state index in [0.29, 0.717) is 41.8 Å². The Kier molecular flexibility index (Phi) is 9.86. The molecule has 29 heavy (non-hydrogen) atoms. The van der Waals surface area contributed by atoms with Gasteiger partial charge in [0.1, 0.15) is 5.75 Å². The average Bonchev–Trinajstić information content (AvgIpc) is 2.70. The largest absolute Gasteiger partial charge is 0.496 e. The van der Waals surface area contributed by atoms with Gasteiger partial charge in [-0.3, -0.25) is 4.79 Å². The van der Waals surface area contributed by atoms with Crippen molar-refractivity contribution in [2.75, 3.05) is 51.1 Å². The number of anilines is 2. The number of carbonyl (C=O) groups excluding carboxylic acids is 1. The predicted molar refractivity (Wildman–Crippen MR) is 122 cm³/mol. The summed E-state index contributed by atoms with van der Waals surface area (Å²) in [6.45, 7) is 3.58. The Bertz CT molecular complexity index is 830. The zero-order chi connectivity index (χ0) is 19.4. The second kappa shape index (κ2) is 11.4. The minimum absolute atomic E-state index is 0. The fraction of sp³-hybridized carbons (Fsp3) is 0.350. The van der Waals surface area contributed by atoms with Crippen LogP contribution >= 0.6 is 36.4 Å². The van der Waals surface area contributed by atoms with Crippen LogP contribution < -0.4 is 15.4 Å². The van der Waals surface area contributed by atoms with Gasteiger partial charge in [0.05, 0.1) is 36.6 Å². The highest BCUT2D eigenvalue weighted by Crippen LogP contribution is 2.30. The highest BCUT2D eigenvalue weighted by atomic mass is 35.5. The lowest BCUT2D eigenvalue weighted by Crippen LogP contribution is -2.37. The first-order valence-corrected chi connectivity index (χ1v) is 9.18. The number of morpholine rings is 1. The lowest BCUT2D eigenvalue weighted by molar-refractivity contribution is 0.0781. The van der Waals surface area contributed by atoms with Crippen LogP contribution in [0.3, 0.4) is 0 Å². The molecule has 1 saturated heterocycles. The Morgan fingerprint density at radius 2 is 1.90 bits per heavy atom. The summed E-state index contributed by atoms with van der Waals surface area (Å²) < 4.78 is 10.8.